The largest absolute Gasteiger partial charge is 0.488 e. The quantitative estimate of drug-likeness (QED) is 0.488. The fourth-order valence-electron chi connectivity index (χ4n) is 1.27. The fraction of sp³-hybridized carbons (Fsp3) is 0.222. The Kier molecular flexibility index (Phi) is 4.16. The van der Waals surface area contributed by atoms with Crippen LogP contribution >= 0.6 is 0 Å². The molecule has 1 unspecified atom stereocenters. The molecule has 0 aliphatic heterocycles. The second-order valence-corrected chi connectivity index (χ2v) is 3.49. The Labute approximate surface area is 95.6 Å². The van der Waals surface area contributed by atoms with Crippen molar-refractivity contribution in [3.8, 4) is 0 Å². The molecule has 5 N–H and O–H groups in total. The molecular formula is C9H10BF2NO4. The first kappa shape index (κ1) is 13.6. The lowest BCUT2D eigenvalue weighted by atomic mass is 9.26. The molecule has 5 nitrogen and oxygen atoms in total. The number of aliphatic carboxylic acids is 1. The topological polar surface area (TPSA) is 104 Å². The highest BCUT2D eigenvalue weighted by molar-refractivity contribution is 6.58. The molecule has 0 saturated heterocycles. The number of benzene rings is 1. The Hall–Kier alpha value is -1.51. The molecule has 0 fully saturated rings. The summed E-state index contributed by atoms with van der Waals surface area (Å²) in [5.41, 5.74) is 4.30. The molecule has 8 heteroatoms. The van der Waals surface area contributed by atoms with Crippen LogP contribution < -0.4 is 11.2 Å². The van der Waals surface area contributed by atoms with E-state index in [-0.39, 0.29) is 5.46 Å². The van der Waals surface area contributed by atoms with Crippen molar-refractivity contribution in [2.45, 2.75) is 12.5 Å². The number of carboxylic acids is 1. The summed E-state index contributed by atoms with van der Waals surface area (Å²) in [6.07, 6.45) is -0.519. The van der Waals surface area contributed by atoms with Gasteiger partial charge in [0.25, 0.3) is 0 Å². The van der Waals surface area contributed by atoms with Crippen molar-refractivity contribution < 1.29 is 28.7 Å². The summed E-state index contributed by atoms with van der Waals surface area (Å²) >= 11 is 0. The fourth-order valence-corrected chi connectivity index (χ4v) is 1.27. The Balaban J connectivity index is 3.06. The van der Waals surface area contributed by atoms with E-state index in [1.165, 1.54) is 0 Å². The van der Waals surface area contributed by atoms with Crippen LogP contribution in [-0.2, 0) is 11.2 Å². The average molecular weight is 244 g/mol. The van der Waals surface area contributed by atoms with E-state index in [0.29, 0.717) is 0 Å². The second-order valence-electron chi connectivity index (χ2n) is 3.49. The first-order chi connectivity index (χ1) is 7.82. The van der Waals surface area contributed by atoms with Crippen molar-refractivity contribution >= 4 is 18.6 Å². The van der Waals surface area contributed by atoms with Crippen LogP contribution in [0.4, 0.5) is 8.78 Å². The van der Waals surface area contributed by atoms with Gasteiger partial charge in [0.05, 0.1) is 0 Å². The van der Waals surface area contributed by atoms with Gasteiger partial charge < -0.3 is 20.9 Å². The number of hydrogen-bond acceptors (Lipinski definition) is 4. The van der Waals surface area contributed by atoms with E-state index in [0.717, 1.165) is 12.1 Å². The molecule has 0 aliphatic rings. The minimum atomic E-state index is -2.00. The minimum absolute atomic E-state index is 0.354. The van der Waals surface area contributed by atoms with Crippen molar-refractivity contribution in [3.05, 3.63) is 29.3 Å². The lowest BCUT2D eigenvalue weighted by Crippen LogP contribution is -2.34. The molecule has 0 radical (unpaired) electrons. The maximum absolute atomic E-state index is 13.4. The zero-order valence-electron chi connectivity index (χ0n) is 8.60. The number of hydrogen-bond donors (Lipinski definition) is 4. The summed E-state index contributed by atoms with van der Waals surface area (Å²) in [7, 11) is -2.00. The SMILES string of the molecule is NC(Cc1c(F)cc([10B](O)O)cc1F)C(=O)O. The predicted octanol–water partition coefficient (Wildman–Crippen LogP) is -1.40. The third kappa shape index (κ3) is 3.22. The number of carboxylic acid groups (broad SMARTS) is 1. The minimum Gasteiger partial charge on any atom is -0.480 e. The van der Waals surface area contributed by atoms with Crippen LogP contribution in [0.25, 0.3) is 0 Å². The van der Waals surface area contributed by atoms with Gasteiger partial charge in [-0.2, -0.15) is 0 Å². The molecule has 92 valence electrons. The number of nitrogens with two attached hydrogens (primary N) is 1. The van der Waals surface area contributed by atoms with Crippen molar-refractivity contribution in [3.63, 3.8) is 0 Å². The molecule has 0 aliphatic carbocycles. The highest BCUT2D eigenvalue weighted by Crippen LogP contribution is 2.13. The monoisotopic (exact) mass is 244 g/mol. The van der Waals surface area contributed by atoms with E-state index in [1.54, 1.807) is 0 Å². The lowest BCUT2D eigenvalue weighted by molar-refractivity contribution is -0.138. The molecule has 0 saturated carbocycles. The maximum atomic E-state index is 13.4. The summed E-state index contributed by atoms with van der Waals surface area (Å²) in [4.78, 5) is 10.5. The normalized spacial score (nSPS) is 12.3. The molecule has 17 heavy (non-hydrogen) atoms. The van der Waals surface area contributed by atoms with Gasteiger partial charge in [0, 0.05) is 12.0 Å². The van der Waals surface area contributed by atoms with Crippen LogP contribution in [0.2, 0.25) is 0 Å². The van der Waals surface area contributed by atoms with Gasteiger partial charge >= 0.3 is 13.1 Å². The van der Waals surface area contributed by atoms with Crippen molar-refractivity contribution in [2.24, 2.45) is 5.73 Å². The summed E-state index contributed by atoms with van der Waals surface area (Å²) in [6, 6.07) is 0.0128. The molecule has 0 spiro atoms. The van der Waals surface area contributed by atoms with Crippen molar-refractivity contribution in [1.82, 2.24) is 0 Å². The molecule has 0 aromatic heterocycles. The van der Waals surface area contributed by atoms with Crippen LogP contribution in [-0.4, -0.2) is 34.3 Å². The third-order valence-corrected chi connectivity index (χ3v) is 2.20. The highest BCUT2D eigenvalue weighted by Gasteiger charge is 2.21. The second kappa shape index (κ2) is 5.22. The smallest absolute Gasteiger partial charge is 0.480 e. The van der Waals surface area contributed by atoms with E-state index in [2.05, 4.69) is 0 Å². The third-order valence-electron chi connectivity index (χ3n) is 2.20. The standard InChI is InChI=1S/C9H10BF2NO4/c11-6-1-4(10(16)17)2-7(12)5(6)3-8(13)9(14)15/h1-2,8,16-17H,3,13H2,(H,14,15)/i10-1. The molecule has 0 amide bonds. The highest BCUT2D eigenvalue weighted by atomic mass is 19.1. The molecule has 1 atom stereocenters. The van der Waals surface area contributed by atoms with Gasteiger partial charge in [0.15, 0.2) is 0 Å². The van der Waals surface area contributed by atoms with Gasteiger partial charge in [-0.05, 0) is 17.6 Å². The maximum Gasteiger partial charge on any atom is 0.488 e. The summed E-state index contributed by atoms with van der Waals surface area (Å²) < 4.78 is 26.8. The van der Waals surface area contributed by atoms with E-state index < -0.39 is 42.7 Å². The summed E-state index contributed by atoms with van der Waals surface area (Å²) in [5.74, 6) is -3.51. The summed E-state index contributed by atoms with van der Waals surface area (Å²) in [6.45, 7) is 0. The predicted molar refractivity (Wildman–Crippen MR) is 55.5 cm³/mol. The molecule has 0 bridgehead atoms. The molecule has 0 heterocycles. The van der Waals surface area contributed by atoms with Crippen LogP contribution in [0, 0.1) is 11.6 Å². The van der Waals surface area contributed by atoms with Crippen molar-refractivity contribution in [1.29, 1.82) is 0 Å². The molecule has 1 aromatic carbocycles. The Morgan fingerprint density at radius 2 is 1.82 bits per heavy atom. The van der Waals surface area contributed by atoms with Crippen LogP contribution in [0.15, 0.2) is 12.1 Å². The van der Waals surface area contributed by atoms with Gasteiger partial charge in [0.1, 0.15) is 17.7 Å². The number of rotatable bonds is 4. The molecule has 1 rings (SSSR count). The Bertz CT molecular complexity index is 418. The van der Waals surface area contributed by atoms with Crippen LogP contribution in [0.3, 0.4) is 0 Å². The summed E-state index contributed by atoms with van der Waals surface area (Å²) in [5, 5.41) is 26.0. The van der Waals surface area contributed by atoms with Crippen molar-refractivity contribution in [2.75, 3.05) is 0 Å². The van der Waals surface area contributed by atoms with E-state index in [9.17, 15) is 13.6 Å². The molecular weight excluding hydrogens is 234 g/mol. The van der Waals surface area contributed by atoms with E-state index in [1.807, 2.05) is 0 Å². The Morgan fingerprint density at radius 1 is 1.35 bits per heavy atom. The first-order valence-electron chi connectivity index (χ1n) is 4.65. The van der Waals surface area contributed by atoms with E-state index >= 15 is 0 Å². The number of halogens is 2. The van der Waals surface area contributed by atoms with E-state index in [4.69, 9.17) is 20.9 Å². The average Bonchev–Trinajstić information content (AvgIpc) is 2.22. The molecule has 1 aromatic rings. The first-order valence-corrected chi connectivity index (χ1v) is 4.65. The van der Waals surface area contributed by atoms with Crippen LogP contribution in [0.5, 0.6) is 0 Å². The lowest BCUT2D eigenvalue weighted by Gasteiger charge is -2.10. The zero-order chi connectivity index (χ0) is 13.2. The number of carbonyl (C=O) groups is 1. The van der Waals surface area contributed by atoms with Gasteiger partial charge in [0.2, 0.25) is 0 Å². The van der Waals surface area contributed by atoms with Gasteiger partial charge in [-0.15, -0.1) is 0 Å². The van der Waals surface area contributed by atoms with Crippen LogP contribution in [0.1, 0.15) is 5.56 Å². The van der Waals surface area contributed by atoms with Gasteiger partial charge in [-0.25, -0.2) is 8.78 Å². The van der Waals surface area contributed by atoms with Gasteiger partial charge in [-0.1, -0.05) is 0 Å². The zero-order valence-corrected chi connectivity index (χ0v) is 8.60. The van der Waals surface area contributed by atoms with Gasteiger partial charge in [-0.3, -0.25) is 4.79 Å². The Morgan fingerprint density at radius 3 is 2.18 bits per heavy atom.